The van der Waals surface area contributed by atoms with Gasteiger partial charge in [-0.05, 0) is 60.2 Å². The van der Waals surface area contributed by atoms with E-state index in [2.05, 4.69) is 40.3 Å². The summed E-state index contributed by atoms with van der Waals surface area (Å²) < 4.78 is 1.29. The number of fused-ring (bicyclic) bond motifs is 1. The SMILES string of the molecule is Cl.O=C(NCc1csc2ccccc12)C1CC12CCNCC2. The first-order chi connectivity index (χ1) is 10.3. The van der Waals surface area contributed by atoms with E-state index in [1.165, 1.54) is 15.6 Å². The third kappa shape index (κ3) is 2.75. The lowest BCUT2D eigenvalue weighted by Gasteiger charge is -2.23. The van der Waals surface area contributed by atoms with Gasteiger partial charge in [0.05, 0.1) is 0 Å². The molecule has 3 nitrogen and oxygen atoms in total. The van der Waals surface area contributed by atoms with Gasteiger partial charge in [-0.3, -0.25) is 4.79 Å². The lowest BCUT2D eigenvalue weighted by molar-refractivity contribution is -0.123. The summed E-state index contributed by atoms with van der Waals surface area (Å²) in [4.78, 5) is 12.4. The van der Waals surface area contributed by atoms with Crippen LogP contribution in [0.3, 0.4) is 0 Å². The van der Waals surface area contributed by atoms with Crippen LogP contribution in [0.25, 0.3) is 10.1 Å². The van der Waals surface area contributed by atoms with Gasteiger partial charge in [0, 0.05) is 17.2 Å². The monoisotopic (exact) mass is 336 g/mol. The number of halogens is 1. The van der Waals surface area contributed by atoms with Crippen LogP contribution in [-0.4, -0.2) is 19.0 Å². The second kappa shape index (κ2) is 6.19. The van der Waals surface area contributed by atoms with Crippen LogP contribution < -0.4 is 10.6 Å². The van der Waals surface area contributed by atoms with Gasteiger partial charge in [-0.2, -0.15) is 0 Å². The van der Waals surface area contributed by atoms with Crippen molar-refractivity contribution >= 4 is 39.7 Å². The van der Waals surface area contributed by atoms with Crippen LogP contribution in [0.15, 0.2) is 29.6 Å². The maximum absolute atomic E-state index is 12.4. The molecular formula is C17H21ClN2OS. The summed E-state index contributed by atoms with van der Waals surface area (Å²) in [6, 6.07) is 8.40. The van der Waals surface area contributed by atoms with Crippen molar-refractivity contribution in [1.29, 1.82) is 0 Å². The van der Waals surface area contributed by atoms with E-state index < -0.39 is 0 Å². The van der Waals surface area contributed by atoms with Crippen LogP contribution in [0.5, 0.6) is 0 Å². The van der Waals surface area contributed by atoms with Crippen molar-refractivity contribution in [3.63, 3.8) is 0 Å². The van der Waals surface area contributed by atoms with Crippen molar-refractivity contribution in [2.24, 2.45) is 11.3 Å². The molecule has 1 unspecified atom stereocenters. The third-order valence-corrected chi connectivity index (χ3v) is 6.13. The maximum Gasteiger partial charge on any atom is 0.223 e. The van der Waals surface area contributed by atoms with Crippen molar-refractivity contribution in [1.82, 2.24) is 10.6 Å². The summed E-state index contributed by atoms with van der Waals surface area (Å²) >= 11 is 1.75. The first-order valence-electron chi connectivity index (χ1n) is 7.72. The lowest BCUT2D eigenvalue weighted by Crippen LogP contribution is -2.33. The number of thiophene rings is 1. The van der Waals surface area contributed by atoms with Crippen molar-refractivity contribution < 1.29 is 4.79 Å². The van der Waals surface area contributed by atoms with Crippen molar-refractivity contribution in [2.45, 2.75) is 25.8 Å². The largest absolute Gasteiger partial charge is 0.352 e. The molecule has 1 amide bonds. The predicted octanol–water partition coefficient (Wildman–Crippen LogP) is 3.33. The fourth-order valence-electron chi connectivity index (χ4n) is 3.67. The normalized spacial score (nSPS) is 22.3. The molecule has 1 saturated carbocycles. The molecule has 118 valence electrons. The van der Waals surface area contributed by atoms with E-state index in [0.29, 0.717) is 12.0 Å². The maximum atomic E-state index is 12.4. The van der Waals surface area contributed by atoms with Crippen LogP contribution in [0, 0.1) is 11.3 Å². The Labute approximate surface area is 140 Å². The van der Waals surface area contributed by atoms with E-state index in [1.54, 1.807) is 11.3 Å². The molecule has 0 bridgehead atoms. The summed E-state index contributed by atoms with van der Waals surface area (Å²) in [7, 11) is 0. The zero-order valence-corrected chi connectivity index (χ0v) is 14.1. The number of amides is 1. The quantitative estimate of drug-likeness (QED) is 0.902. The highest BCUT2D eigenvalue weighted by Crippen LogP contribution is 2.58. The van der Waals surface area contributed by atoms with Crippen LogP contribution in [-0.2, 0) is 11.3 Å². The molecule has 2 N–H and O–H groups in total. The average molecular weight is 337 g/mol. The molecule has 1 atom stereocenters. The average Bonchev–Trinajstić information content (AvgIpc) is 3.05. The molecular weight excluding hydrogens is 316 g/mol. The highest BCUT2D eigenvalue weighted by Gasteiger charge is 2.57. The van der Waals surface area contributed by atoms with Crippen LogP contribution in [0.4, 0.5) is 0 Å². The predicted molar refractivity (Wildman–Crippen MR) is 93.6 cm³/mol. The molecule has 2 heterocycles. The molecule has 1 spiro atoms. The molecule has 1 aromatic carbocycles. The van der Waals surface area contributed by atoms with Crippen LogP contribution in [0.2, 0.25) is 0 Å². The Morgan fingerprint density at radius 1 is 1.32 bits per heavy atom. The highest BCUT2D eigenvalue weighted by atomic mass is 35.5. The molecule has 1 aliphatic carbocycles. The Morgan fingerprint density at radius 2 is 2.09 bits per heavy atom. The Hall–Kier alpha value is -1.10. The molecule has 22 heavy (non-hydrogen) atoms. The molecule has 2 aliphatic rings. The fourth-order valence-corrected chi connectivity index (χ4v) is 4.63. The van der Waals surface area contributed by atoms with Gasteiger partial charge in [-0.15, -0.1) is 23.7 Å². The number of carbonyl (C=O) groups is 1. The minimum absolute atomic E-state index is 0. The molecule has 0 radical (unpaired) electrons. The van der Waals surface area contributed by atoms with E-state index in [9.17, 15) is 4.79 Å². The van der Waals surface area contributed by atoms with Gasteiger partial charge in [0.1, 0.15) is 0 Å². The zero-order chi connectivity index (χ0) is 14.3. The topological polar surface area (TPSA) is 41.1 Å². The van der Waals surface area contributed by atoms with E-state index >= 15 is 0 Å². The highest BCUT2D eigenvalue weighted by molar-refractivity contribution is 7.17. The van der Waals surface area contributed by atoms with Crippen molar-refractivity contribution in [3.05, 3.63) is 35.2 Å². The first kappa shape index (κ1) is 15.8. The van der Waals surface area contributed by atoms with Crippen molar-refractivity contribution in [2.75, 3.05) is 13.1 Å². The lowest BCUT2D eigenvalue weighted by atomic mass is 9.92. The third-order valence-electron chi connectivity index (χ3n) is 5.12. The van der Waals surface area contributed by atoms with E-state index in [-0.39, 0.29) is 24.2 Å². The van der Waals surface area contributed by atoms with Gasteiger partial charge in [0.2, 0.25) is 5.91 Å². The zero-order valence-electron chi connectivity index (χ0n) is 12.4. The Balaban J connectivity index is 0.00000144. The summed E-state index contributed by atoms with van der Waals surface area (Å²) in [6.07, 6.45) is 3.41. The second-order valence-corrected chi connectivity index (χ2v) is 7.26. The number of hydrogen-bond acceptors (Lipinski definition) is 3. The minimum Gasteiger partial charge on any atom is -0.352 e. The summed E-state index contributed by atoms with van der Waals surface area (Å²) in [6.45, 7) is 2.80. The number of benzene rings is 1. The number of piperidine rings is 1. The summed E-state index contributed by atoms with van der Waals surface area (Å²) in [5.74, 6) is 0.511. The van der Waals surface area contributed by atoms with Gasteiger partial charge < -0.3 is 10.6 Å². The van der Waals surface area contributed by atoms with Gasteiger partial charge in [0.25, 0.3) is 0 Å². The van der Waals surface area contributed by atoms with Gasteiger partial charge in [-0.1, -0.05) is 18.2 Å². The van der Waals surface area contributed by atoms with Gasteiger partial charge in [-0.25, -0.2) is 0 Å². The number of nitrogens with one attached hydrogen (secondary N) is 2. The summed E-state index contributed by atoms with van der Waals surface area (Å²) in [5, 5.41) is 9.98. The van der Waals surface area contributed by atoms with Crippen LogP contribution >= 0.6 is 23.7 Å². The molecule has 2 fully saturated rings. The van der Waals surface area contributed by atoms with Crippen molar-refractivity contribution in [3.8, 4) is 0 Å². The molecule has 2 aromatic rings. The fraction of sp³-hybridized carbons (Fsp3) is 0.471. The minimum atomic E-state index is 0. The van der Waals surface area contributed by atoms with E-state index in [0.717, 1.165) is 32.4 Å². The standard InChI is InChI=1S/C17H20N2OS.ClH/c20-16(14-9-17(14)5-7-18-8-6-17)19-10-12-11-21-15-4-2-1-3-13(12)15;/h1-4,11,14,18H,5-10H2,(H,19,20);1H. The molecule has 1 aliphatic heterocycles. The smallest absolute Gasteiger partial charge is 0.223 e. The van der Waals surface area contributed by atoms with Crippen LogP contribution in [0.1, 0.15) is 24.8 Å². The molecule has 4 rings (SSSR count). The van der Waals surface area contributed by atoms with E-state index in [1.807, 2.05) is 0 Å². The Kier molecular flexibility index (Phi) is 4.44. The number of rotatable bonds is 3. The van der Waals surface area contributed by atoms with Gasteiger partial charge in [0.15, 0.2) is 0 Å². The summed E-state index contributed by atoms with van der Waals surface area (Å²) in [5.41, 5.74) is 1.57. The molecule has 1 aromatic heterocycles. The molecule has 1 saturated heterocycles. The Bertz CT molecular complexity index is 678. The van der Waals surface area contributed by atoms with Gasteiger partial charge >= 0.3 is 0 Å². The van der Waals surface area contributed by atoms with E-state index in [4.69, 9.17) is 0 Å². The Morgan fingerprint density at radius 3 is 2.91 bits per heavy atom. The first-order valence-corrected chi connectivity index (χ1v) is 8.60. The number of carbonyl (C=O) groups excluding carboxylic acids is 1. The number of hydrogen-bond donors (Lipinski definition) is 2. The second-order valence-electron chi connectivity index (χ2n) is 6.34. The molecule has 5 heteroatoms.